The lowest BCUT2D eigenvalue weighted by Gasteiger charge is -2.25. The van der Waals surface area contributed by atoms with Crippen LogP contribution in [0.3, 0.4) is 0 Å². The van der Waals surface area contributed by atoms with E-state index in [1.54, 1.807) is 4.90 Å². The third kappa shape index (κ3) is 4.04. The first-order valence-electron chi connectivity index (χ1n) is 12.1. The summed E-state index contributed by atoms with van der Waals surface area (Å²) in [5.74, 6) is -1.23. The summed E-state index contributed by atoms with van der Waals surface area (Å²) in [6.07, 6.45) is 0.962. The average Bonchev–Trinajstić information content (AvgIpc) is 3.20. The number of piperidine rings is 1. The predicted molar refractivity (Wildman–Crippen MR) is 126 cm³/mol. The maximum Gasteiger partial charge on any atom is 0.407 e. The number of fused-ring (bicyclic) bond motifs is 4. The van der Waals surface area contributed by atoms with E-state index < -0.39 is 12.1 Å². The van der Waals surface area contributed by atoms with Gasteiger partial charge in [-0.05, 0) is 40.5 Å². The fraction of sp³-hybridized carbons (Fsp3) is 0.444. The number of carbonyl (C=O) groups is 3. The second kappa shape index (κ2) is 9.12. The van der Waals surface area contributed by atoms with Crippen LogP contribution in [0.4, 0.5) is 4.79 Å². The molecule has 2 aromatic rings. The monoisotopic (exact) mass is 462 g/mol. The number of likely N-dealkylation sites (tertiary alicyclic amines) is 1. The van der Waals surface area contributed by atoms with Crippen LogP contribution in [0.5, 0.6) is 0 Å². The number of benzene rings is 2. The molecule has 1 saturated carbocycles. The number of hydrogen-bond donors (Lipinski definition) is 2. The summed E-state index contributed by atoms with van der Waals surface area (Å²) in [5.41, 5.74) is 4.66. The molecular formula is C27H30N2O5. The standard InChI is InChI=1S/C27H30N2O5/c1-2-7-16(25(30)29-13-21-22(14-29)24(21)26(31)32)12-28-27(33)34-15-23-19-10-5-3-8-17(19)18-9-4-6-11-20(18)23/h3-6,8-11,16,21-24H,2,7,12-15H2,1H3,(H,28,33)(H,31,32)/t16?,21-,22+,24?. The molecule has 7 nitrogen and oxygen atoms in total. The van der Waals surface area contributed by atoms with Gasteiger partial charge in [-0.1, -0.05) is 61.9 Å². The maximum atomic E-state index is 13.0. The van der Waals surface area contributed by atoms with Crippen LogP contribution < -0.4 is 5.32 Å². The fourth-order valence-electron chi connectivity index (χ4n) is 5.85. The number of aliphatic carboxylic acids is 1. The van der Waals surface area contributed by atoms with Gasteiger partial charge < -0.3 is 20.1 Å². The molecule has 34 heavy (non-hydrogen) atoms. The molecule has 0 bridgehead atoms. The topological polar surface area (TPSA) is 95.9 Å². The SMILES string of the molecule is CCCC(CNC(=O)OCC1c2ccccc2-c2ccccc21)C(=O)N1C[C@@H]2C(C(=O)O)[C@@H]2C1. The highest BCUT2D eigenvalue weighted by molar-refractivity contribution is 5.82. The molecule has 4 atom stereocenters. The third-order valence-electron chi connectivity index (χ3n) is 7.61. The number of nitrogens with zero attached hydrogens (tertiary/aromatic N) is 1. The summed E-state index contributed by atoms with van der Waals surface area (Å²) in [6, 6.07) is 16.4. The minimum absolute atomic E-state index is 0.00265. The van der Waals surface area contributed by atoms with Gasteiger partial charge in [0.05, 0.1) is 11.8 Å². The molecule has 7 heteroatoms. The molecule has 2 aromatic carbocycles. The summed E-state index contributed by atoms with van der Waals surface area (Å²) in [7, 11) is 0. The predicted octanol–water partition coefficient (Wildman–Crippen LogP) is 3.73. The van der Waals surface area contributed by atoms with Gasteiger partial charge in [0.25, 0.3) is 0 Å². The van der Waals surface area contributed by atoms with Crippen molar-refractivity contribution in [3.8, 4) is 11.1 Å². The first kappa shape index (κ1) is 22.4. The van der Waals surface area contributed by atoms with Crippen LogP contribution >= 0.6 is 0 Å². The van der Waals surface area contributed by atoms with Gasteiger partial charge >= 0.3 is 12.1 Å². The Kier molecular flexibility index (Phi) is 6.02. The van der Waals surface area contributed by atoms with Gasteiger partial charge in [0.1, 0.15) is 6.61 Å². The van der Waals surface area contributed by atoms with Crippen molar-refractivity contribution in [1.29, 1.82) is 0 Å². The van der Waals surface area contributed by atoms with E-state index in [0.29, 0.717) is 19.5 Å². The maximum absolute atomic E-state index is 13.0. The molecule has 2 fully saturated rings. The van der Waals surface area contributed by atoms with Crippen molar-refractivity contribution in [2.75, 3.05) is 26.2 Å². The summed E-state index contributed by atoms with van der Waals surface area (Å²) in [4.78, 5) is 38.5. The van der Waals surface area contributed by atoms with Crippen LogP contribution in [0.25, 0.3) is 11.1 Å². The Labute approximate surface area is 199 Å². The highest BCUT2D eigenvalue weighted by atomic mass is 16.5. The molecule has 2 unspecified atom stereocenters. The zero-order valence-corrected chi connectivity index (χ0v) is 19.3. The van der Waals surface area contributed by atoms with Crippen molar-refractivity contribution in [3.05, 3.63) is 59.7 Å². The van der Waals surface area contributed by atoms with Gasteiger partial charge in [0.15, 0.2) is 0 Å². The van der Waals surface area contributed by atoms with Crippen LogP contribution in [-0.2, 0) is 14.3 Å². The molecule has 0 spiro atoms. The van der Waals surface area contributed by atoms with E-state index in [1.807, 2.05) is 31.2 Å². The normalized spacial score (nSPS) is 23.0. The van der Waals surface area contributed by atoms with E-state index in [1.165, 1.54) is 11.1 Å². The van der Waals surface area contributed by atoms with Crippen molar-refractivity contribution in [3.63, 3.8) is 0 Å². The Morgan fingerprint density at radius 2 is 1.62 bits per heavy atom. The summed E-state index contributed by atoms with van der Waals surface area (Å²) < 4.78 is 5.60. The molecule has 1 heterocycles. The molecule has 1 saturated heterocycles. The van der Waals surface area contributed by atoms with Crippen molar-refractivity contribution in [2.45, 2.75) is 25.7 Å². The second-order valence-electron chi connectivity index (χ2n) is 9.63. The number of amides is 2. The number of rotatable bonds is 8. The smallest absolute Gasteiger partial charge is 0.407 e. The van der Waals surface area contributed by atoms with Gasteiger partial charge in [-0.2, -0.15) is 0 Å². The largest absolute Gasteiger partial charge is 0.481 e. The van der Waals surface area contributed by atoms with Crippen LogP contribution in [-0.4, -0.2) is 54.2 Å². The first-order chi connectivity index (χ1) is 16.5. The molecule has 2 amide bonds. The van der Waals surface area contributed by atoms with Gasteiger partial charge in [-0.3, -0.25) is 9.59 Å². The first-order valence-corrected chi connectivity index (χ1v) is 12.1. The lowest BCUT2D eigenvalue weighted by Crippen LogP contribution is -2.42. The van der Waals surface area contributed by atoms with Gasteiger partial charge in [-0.25, -0.2) is 4.79 Å². The van der Waals surface area contributed by atoms with Crippen LogP contribution in [0.15, 0.2) is 48.5 Å². The fourth-order valence-corrected chi connectivity index (χ4v) is 5.85. The Hall–Kier alpha value is -3.35. The molecule has 3 aliphatic rings. The molecule has 0 radical (unpaired) electrons. The van der Waals surface area contributed by atoms with E-state index in [9.17, 15) is 19.5 Å². The van der Waals surface area contributed by atoms with E-state index in [0.717, 1.165) is 17.5 Å². The highest BCUT2D eigenvalue weighted by Gasteiger charge is 2.60. The van der Waals surface area contributed by atoms with Crippen molar-refractivity contribution >= 4 is 18.0 Å². The quantitative estimate of drug-likeness (QED) is 0.623. The second-order valence-corrected chi connectivity index (χ2v) is 9.63. The number of hydrogen-bond acceptors (Lipinski definition) is 4. The minimum atomic E-state index is -0.760. The molecule has 178 valence electrons. The Balaban J connectivity index is 1.15. The number of nitrogens with one attached hydrogen (secondary N) is 1. The van der Waals surface area contributed by atoms with Crippen molar-refractivity contribution < 1.29 is 24.2 Å². The third-order valence-corrected chi connectivity index (χ3v) is 7.61. The van der Waals surface area contributed by atoms with Crippen LogP contribution in [0.2, 0.25) is 0 Å². The minimum Gasteiger partial charge on any atom is -0.481 e. The molecule has 2 N–H and O–H groups in total. The zero-order chi connectivity index (χ0) is 23.8. The number of carboxylic acid groups (broad SMARTS) is 1. The number of alkyl carbamates (subject to hydrolysis) is 1. The summed E-state index contributed by atoms with van der Waals surface area (Å²) >= 11 is 0. The van der Waals surface area contributed by atoms with Crippen molar-refractivity contribution in [2.24, 2.45) is 23.7 Å². The molecule has 5 rings (SSSR count). The lowest BCUT2D eigenvalue weighted by molar-refractivity contribution is -0.141. The Morgan fingerprint density at radius 1 is 1.03 bits per heavy atom. The highest BCUT2D eigenvalue weighted by Crippen LogP contribution is 2.52. The summed E-state index contributed by atoms with van der Waals surface area (Å²) in [6.45, 7) is 3.47. The molecular weight excluding hydrogens is 432 g/mol. The van der Waals surface area contributed by atoms with Crippen LogP contribution in [0.1, 0.15) is 36.8 Å². The zero-order valence-electron chi connectivity index (χ0n) is 19.3. The molecule has 0 aromatic heterocycles. The Morgan fingerprint density at radius 3 is 2.18 bits per heavy atom. The Bertz CT molecular complexity index is 1060. The lowest BCUT2D eigenvalue weighted by atomic mass is 9.98. The van der Waals surface area contributed by atoms with Gasteiger partial charge in [0, 0.05) is 25.6 Å². The molecule has 2 aliphatic carbocycles. The van der Waals surface area contributed by atoms with Crippen molar-refractivity contribution in [1.82, 2.24) is 10.2 Å². The summed E-state index contributed by atoms with van der Waals surface area (Å²) in [5, 5.41) is 12.0. The number of ether oxygens (including phenoxy) is 1. The van der Waals surface area contributed by atoms with Crippen LogP contribution in [0, 0.1) is 23.7 Å². The van der Waals surface area contributed by atoms with E-state index >= 15 is 0 Å². The van der Waals surface area contributed by atoms with E-state index in [2.05, 4.69) is 29.6 Å². The van der Waals surface area contributed by atoms with E-state index in [4.69, 9.17) is 4.74 Å². The van der Waals surface area contributed by atoms with Gasteiger partial charge in [-0.15, -0.1) is 0 Å². The molecule has 1 aliphatic heterocycles. The number of carbonyl (C=O) groups excluding carboxylic acids is 2. The average molecular weight is 463 g/mol. The van der Waals surface area contributed by atoms with Gasteiger partial charge in [0.2, 0.25) is 5.91 Å². The number of carboxylic acids is 1. The van der Waals surface area contributed by atoms with E-state index in [-0.39, 0.29) is 48.6 Å².